The average molecular weight is 350 g/mol. The van der Waals surface area contributed by atoms with E-state index in [1.807, 2.05) is 36.4 Å². The second-order valence-corrected chi connectivity index (χ2v) is 7.44. The number of nitrogens with zero attached hydrogens (tertiary/aromatic N) is 1. The van der Waals surface area contributed by atoms with Gasteiger partial charge in [0.15, 0.2) is 0 Å². The maximum Gasteiger partial charge on any atom is 0.307 e. The number of benzene rings is 1. The summed E-state index contributed by atoms with van der Waals surface area (Å²) < 4.78 is 0. The minimum absolute atomic E-state index is 0.147. The van der Waals surface area contributed by atoms with Gasteiger partial charge in [0.2, 0.25) is 5.91 Å². The van der Waals surface area contributed by atoms with Gasteiger partial charge in [0.1, 0.15) is 0 Å². The van der Waals surface area contributed by atoms with Crippen molar-refractivity contribution in [2.45, 2.75) is 25.7 Å². The molecule has 4 rings (SSSR count). The molecule has 134 valence electrons. The van der Waals surface area contributed by atoms with E-state index in [1.54, 1.807) is 12.4 Å². The van der Waals surface area contributed by atoms with Crippen molar-refractivity contribution < 1.29 is 14.7 Å². The van der Waals surface area contributed by atoms with E-state index < -0.39 is 17.8 Å². The molecule has 2 aliphatic rings. The summed E-state index contributed by atoms with van der Waals surface area (Å²) in [6, 6.07) is 11.7. The van der Waals surface area contributed by atoms with Crippen LogP contribution in [0.3, 0.4) is 0 Å². The van der Waals surface area contributed by atoms with Crippen molar-refractivity contribution in [2.75, 3.05) is 5.32 Å². The number of carbonyl (C=O) groups is 2. The van der Waals surface area contributed by atoms with Crippen LogP contribution in [0.1, 0.15) is 30.4 Å². The molecular weight excluding hydrogens is 328 g/mol. The van der Waals surface area contributed by atoms with Gasteiger partial charge in [-0.1, -0.05) is 12.1 Å². The molecule has 2 N–H and O–H groups in total. The van der Waals surface area contributed by atoms with E-state index in [0.29, 0.717) is 0 Å². The SMILES string of the molecule is O=C(Nc1ccc(Cc2ccncc2)cc1)[C@@H]1[C@H]2CC[C@H](C2)[C@@H]1C(=O)O. The first-order valence-corrected chi connectivity index (χ1v) is 9.13. The smallest absolute Gasteiger partial charge is 0.307 e. The molecular formula is C21H22N2O3. The fourth-order valence-corrected chi connectivity index (χ4v) is 4.69. The number of pyridine rings is 1. The highest BCUT2D eigenvalue weighted by atomic mass is 16.4. The average Bonchev–Trinajstić information content (AvgIpc) is 3.25. The summed E-state index contributed by atoms with van der Waals surface area (Å²) in [4.78, 5) is 28.3. The molecule has 26 heavy (non-hydrogen) atoms. The van der Waals surface area contributed by atoms with Crippen LogP contribution in [-0.2, 0) is 16.0 Å². The number of carboxylic acids is 1. The van der Waals surface area contributed by atoms with Crippen molar-refractivity contribution in [1.29, 1.82) is 0 Å². The lowest BCUT2D eigenvalue weighted by Crippen LogP contribution is -2.37. The van der Waals surface area contributed by atoms with Gasteiger partial charge in [0, 0.05) is 18.1 Å². The van der Waals surface area contributed by atoms with Gasteiger partial charge in [0.05, 0.1) is 11.8 Å². The highest BCUT2D eigenvalue weighted by Gasteiger charge is 2.53. The number of aromatic nitrogens is 1. The van der Waals surface area contributed by atoms with Gasteiger partial charge in [-0.25, -0.2) is 0 Å². The number of carboxylic acid groups (broad SMARTS) is 1. The fraction of sp³-hybridized carbons (Fsp3) is 0.381. The lowest BCUT2D eigenvalue weighted by atomic mass is 9.78. The van der Waals surface area contributed by atoms with E-state index in [0.717, 1.165) is 36.9 Å². The van der Waals surface area contributed by atoms with E-state index in [2.05, 4.69) is 10.3 Å². The molecule has 2 saturated carbocycles. The highest BCUT2D eigenvalue weighted by molar-refractivity contribution is 5.96. The minimum Gasteiger partial charge on any atom is -0.481 e. The molecule has 0 saturated heterocycles. The Hall–Kier alpha value is -2.69. The molecule has 2 fully saturated rings. The maximum absolute atomic E-state index is 12.7. The van der Waals surface area contributed by atoms with Crippen molar-refractivity contribution in [3.8, 4) is 0 Å². The first kappa shape index (κ1) is 16.8. The molecule has 1 amide bonds. The van der Waals surface area contributed by atoms with Gasteiger partial charge in [-0.15, -0.1) is 0 Å². The van der Waals surface area contributed by atoms with Crippen LogP contribution in [0.4, 0.5) is 5.69 Å². The van der Waals surface area contributed by atoms with Crippen molar-refractivity contribution in [1.82, 2.24) is 4.98 Å². The molecule has 0 aliphatic heterocycles. The summed E-state index contributed by atoms with van der Waals surface area (Å²) in [5, 5.41) is 12.4. The number of hydrogen-bond donors (Lipinski definition) is 2. The summed E-state index contributed by atoms with van der Waals surface area (Å²) >= 11 is 0. The Morgan fingerprint density at radius 2 is 1.58 bits per heavy atom. The summed E-state index contributed by atoms with van der Waals surface area (Å²) in [5.74, 6) is -1.53. The first-order chi connectivity index (χ1) is 12.6. The second-order valence-electron chi connectivity index (χ2n) is 7.44. The third-order valence-electron chi connectivity index (χ3n) is 5.88. The molecule has 0 spiro atoms. The molecule has 0 unspecified atom stereocenters. The Labute approximate surface area is 152 Å². The molecule has 1 aromatic carbocycles. The van der Waals surface area contributed by atoms with Crippen LogP contribution >= 0.6 is 0 Å². The number of rotatable bonds is 5. The van der Waals surface area contributed by atoms with E-state index in [4.69, 9.17) is 0 Å². The number of aliphatic carboxylic acids is 1. The number of anilines is 1. The Morgan fingerprint density at radius 3 is 2.23 bits per heavy atom. The van der Waals surface area contributed by atoms with Crippen molar-refractivity contribution in [3.05, 3.63) is 59.9 Å². The Balaban J connectivity index is 1.42. The quantitative estimate of drug-likeness (QED) is 0.867. The summed E-state index contributed by atoms with van der Waals surface area (Å²) in [7, 11) is 0. The van der Waals surface area contributed by atoms with E-state index in [-0.39, 0.29) is 17.7 Å². The highest BCUT2D eigenvalue weighted by Crippen LogP contribution is 2.52. The molecule has 0 radical (unpaired) electrons. The monoisotopic (exact) mass is 350 g/mol. The zero-order valence-corrected chi connectivity index (χ0v) is 14.5. The van der Waals surface area contributed by atoms with Crippen LogP contribution in [0.15, 0.2) is 48.8 Å². The molecule has 5 nitrogen and oxygen atoms in total. The van der Waals surface area contributed by atoms with E-state index >= 15 is 0 Å². The van der Waals surface area contributed by atoms with Crippen LogP contribution in [0.2, 0.25) is 0 Å². The largest absolute Gasteiger partial charge is 0.481 e. The number of hydrogen-bond acceptors (Lipinski definition) is 3. The topological polar surface area (TPSA) is 79.3 Å². The van der Waals surface area contributed by atoms with Crippen molar-refractivity contribution >= 4 is 17.6 Å². The zero-order chi connectivity index (χ0) is 18.1. The maximum atomic E-state index is 12.7. The molecule has 5 heteroatoms. The predicted molar refractivity (Wildman–Crippen MR) is 97.6 cm³/mol. The Kier molecular flexibility index (Phi) is 4.45. The zero-order valence-electron chi connectivity index (χ0n) is 14.5. The molecule has 2 aromatic rings. The standard InChI is InChI=1S/C21H22N2O3/c24-20(18-15-3-4-16(12-15)19(18)21(25)26)23-17-5-1-13(2-6-17)11-14-7-9-22-10-8-14/h1-2,5-10,15-16,18-19H,3-4,11-12H2,(H,23,24)(H,25,26)/t15-,16+,18+,19-/m0/s1. The number of carbonyl (C=O) groups excluding carboxylic acids is 1. The Bertz CT molecular complexity index is 804. The fourth-order valence-electron chi connectivity index (χ4n) is 4.69. The van der Waals surface area contributed by atoms with E-state index in [1.165, 1.54) is 5.56 Å². The van der Waals surface area contributed by atoms with Gasteiger partial charge < -0.3 is 10.4 Å². The van der Waals surface area contributed by atoms with Gasteiger partial charge in [0.25, 0.3) is 0 Å². The molecule has 2 bridgehead atoms. The summed E-state index contributed by atoms with van der Waals surface area (Å²) in [6.45, 7) is 0. The molecule has 4 atom stereocenters. The normalized spacial score (nSPS) is 26.6. The van der Waals surface area contributed by atoms with Crippen LogP contribution in [0.25, 0.3) is 0 Å². The van der Waals surface area contributed by atoms with Crippen LogP contribution in [0, 0.1) is 23.7 Å². The van der Waals surface area contributed by atoms with Gasteiger partial charge in [-0.05, 0) is 72.9 Å². The van der Waals surface area contributed by atoms with Crippen LogP contribution < -0.4 is 5.32 Å². The lowest BCUT2D eigenvalue weighted by molar-refractivity contribution is -0.148. The Morgan fingerprint density at radius 1 is 0.962 bits per heavy atom. The van der Waals surface area contributed by atoms with Gasteiger partial charge >= 0.3 is 5.97 Å². The third-order valence-corrected chi connectivity index (χ3v) is 5.88. The predicted octanol–water partition coefficient (Wildman–Crippen LogP) is 3.36. The molecule has 1 heterocycles. The summed E-state index contributed by atoms with van der Waals surface area (Å²) in [6.07, 6.45) is 7.15. The first-order valence-electron chi connectivity index (χ1n) is 9.13. The van der Waals surface area contributed by atoms with Gasteiger partial charge in [-0.3, -0.25) is 14.6 Å². The third kappa shape index (κ3) is 3.21. The van der Waals surface area contributed by atoms with Crippen LogP contribution in [-0.4, -0.2) is 22.0 Å². The van der Waals surface area contributed by atoms with E-state index in [9.17, 15) is 14.7 Å². The second kappa shape index (κ2) is 6.90. The summed E-state index contributed by atoms with van der Waals surface area (Å²) in [5.41, 5.74) is 3.06. The minimum atomic E-state index is -0.829. The number of fused-ring (bicyclic) bond motifs is 2. The van der Waals surface area contributed by atoms with Gasteiger partial charge in [-0.2, -0.15) is 0 Å². The van der Waals surface area contributed by atoms with Crippen LogP contribution in [0.5, 0.6) is 0 Å². The molecule has 2 aliphatic carbocycles. The number of amides is 1. The lowest BCUT2D eigenvalue weighted by Gasteiger charge is -2.27. The van der Waals surface area contributed by atoms with Crippen molar-refractivity contribution in [2.24, 2.45) is 23.7 Å². The molecule has 1 aromatic heterocycles. The number of nitrogens with one attached hydrogen (secondary N) is 1. The van der Waals surface area contributed by atoms with Crippen molar-refractivity contribution in [3.63, 3.8) is 0 Å².